The van der Waals surface area contributed by atoms with Gasteiger partial charge in [-0.1, -0.05) is 48.6 Å². The van der Waals surface area contributed by atoms with E-state index in [2.05, 4.69) is 13.1 Å². The van der Waals surface area contributed by atoms with Gasteiger partial charge < -0.3 is 38.7 Å². The number of hydrogen-bond acceptors (Lipinski definition) is 12. The summed E-state index contributed by atoms with van der Waals surface area (Å²) in [5.74, 6) is -6.78. The lowest BCUT2D eigenvalue weighted by Crippen LogP contribution is -2.55. The summed E-state index contributed by atoms with van der Waals surface area (Å²) in [6.07, 6.45) is 0.908. The van der Waals surface area contributed by atoms with Crippen molar-refractivity contribution in [2.24, 2.45) is 0 Å². The second kappa shape index (κ2) is 10.2. The largest absolute Gasteiger partial charge is 0.507 e. The number of allylic oxidation sites excluding steroid dienone is 2. The van der Waals surface area contributed by atoms with Crippen LogP contribution in [0.15, 0.2) is 63.5 Å². The first kappa shape index (κ1) is 30.1. The van der Waals surface area contributed by atoms with Gasteiger partial charge in [-0.3, -0.25) is 9.59 Å². The molecule has 2 aliphatic heterocycles. The van der Waals surface area contributed by atoms with Crippen molar-refractivity contribution in [2.45, 2.75) is 37.3 Å². The number of carbonyl (C=O) groups excluding carboxylic acids is 3. The van der Waals surface area contributed by atoms with Crippen LogP contribution in [0.2, 0.25) is 13.1 Å². The fourth-order valence-corrected chi connectivity index (χ4v) is 10.2. The Bertz CT molecular complexity index is 2160. The van der Waals surface area contributed by atoms with Crippen LogP contribution >= 0.6 is 0 Å². The molecule has 4 aromatic rings. The Hall–Kier alpha value is -5.56. The number of carbonyl (C=O) groups is 3. The second-order valence-corrected chi connectivity index (χ2v) is 17.0. The third-order valence-electron chi connectivity index (χ3n) is 9.37. The molecule has 1 spiro atoms. The topological polar surface area (TPSA) is 179 Å². The molecular weight excluding hydrogens is 628 g/mol. The van der Waals surface area contributed by atoms with Gasteiger partial charge in [0.1, 0.15) is 11.1 Å². The van der Waals surface area contributed by atoms with E-state index in [4.69, 9.17) is 23.4 Å². The zero-order valence-corrected chi connectivity index (χ0v) is 26.6. The molecule has 12 nitrogen and oxygen atoms in total. The monoisotopic (exact) mass is 656 g/mol. The van der Waals surface area contributed by atoms with Crippen LogP contribution in [0, 0.1) is 0 Å². The Kier molecular flexibility index (Phi) is 6.55. The Balaban J connectivity index is 1.44. The van der Waals surface area contributed by atoms with Crippen molar-refractivity contribution in [3.05, 3.63) is 92.7 Å². The summed E-state index contributed by atoms with van der Waals surface area (Å²) < 4.78 is 27.7. The summed E-state index contributed by atoms with van der Waals surface area (Å²) >= 11 is 0. The van der Waals surface area contributed by atoms with Crippen LogP contribution in [0.1, 0.15) is 54.4 Å². The maximum atomic E-state index is 13.1. The predicted molar refractivity (Wildman–Crippen MR) is 168 cm³/mol. The number of phenolic OH excluding ortho intramolecular Hbond substituents is 3. The van der Waals surface area contributed by atoms with E-state index >= 15 is 0 Å². The van der Waals surface area contributed by atoms with E-state index in [-0.39, 0.29) is 63.3 Å². The van der Waals surface area contributed by atoms with Crippen molar-refractivity contribution >= 4 is 41.6 Å². The molecule has 0 unspecified atom stereocenters. The number of fused-ring (bicyclic) bond motifs is 4. The molecule has 3 N–H and O–H groups in total. The first-order valence-corrected chi connectivity index (χ1v) is 17.7. The lowest BCUT2D eigenvalue weighted by Gasteiger charge is -2.44. The smallest absolute Gasteiger partial charge is 0.374 e. The van der Waals surface area contributed by atoms with Gasteiger partial charge in [0.2, 0.25) is 11.5 Å². The predicted octanol–water partition coefficient (Wildman–Crippen LogP) is 3.96. The fraction of sp³-hybridized carbons (Fsp3) is 0.235. The number of ether oxygens (including phenoxy) is 4. The molecule has 3 aliphatic rings. The standard InChI is InChI=1S/C34H28O12Si/c1-42-20-12-19(35)24-25(27(20)37)29(39)31-18(26(24)36)13-34(46-31)14-22(47(3,4)16-8-6-5-7-9-16)17-10-15-11-21(32(40)43-2)44-33(41)23(15)28(38)30(17)45-34/h5-12,22,36,38-39H,13-14H2,1-4H3/t22-,34-/m1/s1. The molecule has 0 fully saturated rings. The van der Waals surface area contributed by atoms with E-state index in [9.17, 15) is 34.5 Å². The lowest BCUT2D eigenvalue weighted by molar-refractivity contribution is -0.114. The van der Waals surface area contributed by atoms with Gasteiger partial charge in [0.15, 0.2) is 34.5 Å². The molecule has 0 bridgehead atoms. The third kappa shape index (κ3) is 4.26. The normalized spacial score (nSPS) is 19.7. The fourth-order valence-electron chi connectivity index (χ4n) is 6.95. The van der Waals surface area contributed by atoms with Crippen molar-refractivity contribution in [2.75, 3.05) is 14.2 Å². The number of aromatic hydroxyl groups is 3. The molecule has 3 heterocycles. The molecule has 240 valence electrons. The minimum atomic E-state index is -2.60. The number of rotatable bonds is 4. The van der Waals surface area contributed by atoms with Gasteiger partial charge in [0, 0.05) is 18.1 Å². The number of esters is 1. The number of ketones is 2. The molecule has 1 aliphatic carbocycles. The van der Waals surface area contributed by atoms with Gasteiger partial charge in [-0.15, -0.1) is 0 Å². The molecule has 0 amide bonds. The Morgan fingerprint density at radius 1 is 0.936 bits per heavy atom. The SMILES string of the molecule is COC(=O)c1cc2cc3c(c(O)c2c(=O)o1)O[C@@]1(Cc2c(O)c4c(c(O)c2O1)C(=O)C(OC)=CC4=O)C[C@H]3[Si](C)(C)c1ccccc1. The summed E-state index contributed by atoms with van der Waals surface area (Å²) in [7, 11) is -0.248. The maximum absolute atomic E-state index is 13.1. The number of phenols is 3. The van der Waals surface area contributed by atoms with E-state index in [0.29, 0.717) is 5.56 Å². The van der Waals surface area contributed by atoms with E-state index in [1.165, 1.54) is 13.2 Å². The molecule has 13 heteroatoms. The van der Waals surface area contributed by atoms with Crippen molar-refractivity contribution < 1.29 is 53.1 Å². The molecule has 3 aromatic carbocycles. The molecule has 0 radical (unpaired) electrons. The third-order valence-corrected chi connectivity index (χ3v) is 13.5. The zero-order valence-electron chi connectivity index (χ0n) is 25.6. The van der Waals surface area contributed by atoms with Crippen LogP contribution in [-0.2, 0) is 15.9 Å². The number of benzene rings is 3. The van der Waals surface area contributed by atoms with Gasteiger partial charge in [0.25, 0.3) is 5.79 Å². The molecule has 0 saturated heterocycles. The molecule has 2 atom stereocenters. The van der Waals surface area contributed by atoms with Crippen LogP contribution in [0.25, 0.3) is 10.8 Å². The minimum Gasteiger partial charge on any atom is -0.507 e. The lowest BCUT2D eigenvalue weighted by atomic mass is 9.87. The maximum Gasteiger partial charge on any atom is 0.374 e. The molecule has 0 saturated carbocycles. The first-order chi connectivity index (χ1) is 22.3. The summed E-state index contributed by atoms with van der Waals surface area (Å²) in [6, 6.07) is 12.7. The number of methoxy groups -OCH3 is 2. The Morgan fingerprint density at radius 3 is 2.32 bits per heavy atom. The highest BCUT2D eigenvalue weighted by Crippen LogP contribution is 2.58. The number of Topliss-reactive ketones (excluding diaryl/α,β-unsaturated/α-hetero) is 1. The Morgan fingerprint density at radius 2 is 1.64 bits per heavy atom. The average molecular weight is 657 g/mol. The van der Waals surface area contributed by atoms with Crippen molar-refractivity contribution in [1.82, 2.24) is 0 Å². The quantitative estimate of drug-likeness (QED) is 0.164. The van der Waals surface area contributed by atoms with Crippen LogP contribution < -0.4 is 20.3 Å². The van der Waals surface area contributed by atoms with Gasteiger partial charge in [-0.25, -0.2) is 9.59 Å². The summed E-state index contributed by atoms with van der Waals surface area (Å²) in [5, 5.41) is 35.4. The van der Waals surface area contributed by atoms with E-state index in [0.717, 1.165) is 18.4 Å². The van der Waals surface area contributed by atoms with Crippen LogP contribution in [0.4, 0.5) is 0 Å². The van der Waals surface area contributed by atoms with Gasteiger partial charge in [0.05, 0.1) is 39.8 Å². The zero-order chi connectivity index (χ0) is 33.6. The van der Waals surface area contributed by atoms with Gasteiger partial charge in [-0.2, -0.15) is 0 Å². The van der Waals surface area contributed by atoms with Crippen LogP contribution in [0.5, 0.6) is 28.7 Å². The van der Waals surface area contributed by atoms with E-state index in [1.54, 1.807) is 6.07 Å². The first-order valence-electron chi connectivity index (χ1n) is 14.6. The van der Waals surface area contributed by atoms with Crippen molar-refractivity contribution in [1.29, 1.82) is 0 Å². The van der Waals surface area contributed by atoms with E-state index < -0.39 is 59.8 Å². The summed E-state index contributed by atoms with van der Waals surface area (Å²) in [5.41, 5.74) is -1.63. The highest BCUT2D eigenvalue weighted by molar-refractivity contribution is 6.91. The average Bonchev–Trinajstić information content (AvgIpc) is 3.43. The molecule has 1 aromatic heterocycles. The van der Waals surface area contributed by atoms with Gasteiger partial charge in [-0.05, 0) is 28.6 Å². The van der Waals surface area contributed by atoms with Crippen LogP contribution in [-0.4, -0.2) is 60.9 Å². The van der Waals surface area contributed by atoms with Gasteiger partial charge >= 0.3 is 11.6 Å². The van der Waals surface area contributed by atoms with Crippen molar-refractivity contribution in [3.8, 4) is 28.7 Å². The van der Waals surface area contributed by atoms with Crippen molar-refractivity contribution in [3.63, 3.8) is 0 Å². The second-order valence-electron chi connectivity index (χ2n) is 12.3. The molecule has 47 heavy (non-hydrogen) atoms. The number of hydrogen-bond donors (Lipinski definition) is 3. The van der Waals surface area contributed by atoms with E-state index in [1.807, 2.05) is 30.3 Å². The highest BCUT2D eigenvalue weighted by Gasteiger charge is 2.55. The summed E-state index contributed by atoms with van der Waals surface area (Å²) in [6.45, 7) is 4.25. The highest BCUT2D eigenvalue weighted by atomic mass is 28.3. The van der Waals surface area contributed by atoms with Crippen LogP contribution in [0.3, 0.4) is 0 Å². The summed E-state index contributed by atoms with van der Waals surface area (Å²) in [4.78, 5) is 51.5. The molecule has 7 rings (SSSR count). The molecular formula is C34H28O12Si. The minimum absolute atomic E-state index is 0.0422. The Labute approximate surface area is 267 Å².